The Kier molecular flexibility index (Phi) is 6.80. The van der Waals surface area contributed by atoms with Crippen LogP contribution in [0.25, 0.3) is 94.5 Å². The van der Waals surface area contributed by atoms with Gasteiger partial charge in [-0.15, -0.1) is 0 Å². The summed E-state index contributed by atoms with van der Waals surface area (Å²) in [5.41, 5.74) is 11.8. The van der Waals surface area contributed by atoms with Crippen molar-refractivity contribution in [1.29, 1.82) is 5.26 Å². The molecule has 0 radical (unpaired) electrons. The van der Waals surface area contributed by atoms with Gasteiger partial charge < -0.3 is 8.98 Å². The van der Waals surface area contributed by atoms with E-state index in [9.17, 15) is 5.26 Å². The zero-order chi connectivity index (χ0) is 34.6. The van der Waals surface area contributed by atoms with E-state index in [1.54, 1.807) is 0 Å². The minimum Gasteiger partial charge on any atom is -0.456 e. The molecule has 52 heavy (non-hydrogen) atoms. The van der Waals surface area contributed by atoms with Gasteiger partial charge in [0.05, 0.1) is 33.7 Å². The van der Waals surface area contributed by atoms with E-state index in [2.05, 4.69) is 114 Å². The largest absolute Gasteiger partial charge is 0.456 e. The molecule has 242 valence electrons. The number of aromatic nitrogens is 3. The lowest BCUT2D eigenvalue weighted by Gasteiger charge is -2.16. The number of nitriles is 1. The zero-order valence-corrected chi connectivity index (χ0v) is 27.9. The van der Waals surface area contributed by atoms with Gasteiger partial charge in [0.15, 0.2) is 5.82 Å². The van der Waals surface area contributed by atoms with Crippen LogP contribution in [0.5, 0.6) is 0 Å². The molecule has 0 aliphatic rings. The van der Waals surface area contributed by atoms with Crippen LogP contribution in [0.4, 0.5) is 0 Å². The number of hydrogen-bond donors (Lipinski definition) is 0. The van der Waals surface area contributed by atoms with Crippen molar-refractivity contribution in [3.63, 3.8) is 0 Å². The minimum atomic E-state index is 0.605. The molecule has 0 fully saturated rings. The normalized spacial score (nSPS) is 11.4. The van der Waals surface area contributed by atoms with E-state index in [0.29, 0.717) is 11.4 Å². The van der Waals surface area contributed by atoms with Crippen LogP contribution in [0.1, 0.15) is 5.56 Å². The van der Waals surface area contributed by atoms with E-state index in [0.717, 1.165) is 88.6 Å². The van der Waals surface area contributed by atoms with Gasteiger partial charge in [-0.3, -0.25) is 0 Å². The third-order valence-electron chi connectivity index (χ3n) is 9.86. The Bertz CT molecular complexity index is 2910. The van der Waals surface area contributed by atoms with Gasteiger partial charge in [-0.25, -0.2) is 9.97 Å². The van der Waals surface area contributed by atoms with Crippen molar-refractivity contribution >= 4 is 43.7 Å². The highest BCUT2D eigenvalue weighted by Gasteiger charge is 2.20. The summed E-state index contributed by atoms with van der Waals surface area (Å²) in [5.74, 6) is 0.642. The summed E-state index contributed by atoms with van der Waals surface area (Å²) in [4.78, 5) is 10.1. The Labute approximate surface area is 299 Å². The molecule has 10 rings (SSSR count). The van der Waals surface area contributed by atoms with Crippen LogP contribution in [0.2, 0.25) is 0 Å². The topological polar surface area (TPSA) is 67.6 Å². The number of benzene rings is 7. The zero-order valence-electron chi connectivity index (χ0n) is 27.9. The van der Waals surface area contributed by atoms with Crippen LogP contribution < -0.4 is 0 Å². The van der Waals surface area contributed by atoms with Crippen molar-refractivity contribution in [3.05, 3.63) is 175 Å². The molecule has 5 nitrogen and oxygen atoms in total. The number of para-hydroxylation sites is 3. The van der Waals surface area contributed by atoms with Crippen LogP contribution in [0.3, 0.4) is 0 Å². The number of rotatable bonds is 5. The molecular weight excluding hydrogens is 637 g/mol. The molecule has 3 heterocycles. The molecule has 0 saturated carbocycles. The molecular formula is C47H28N4O. The van der Waals surface area contributed by atoms with Gasteiger partial charge >= 0.3 is 0 Å². The summed E-state index contributed by atoms with van der Waals surface area (Å²) < 4.78 is 8.62. The number of hydrogen-bond acceptors (Lipinski definition) is 4. The SMILES string of the molecule is N#Cc1cccc(-c2ccc3oc4ccc(-c5nc(-c6ccccc6)cc(-c6ccccc6)n5)cc4c3c2)c1-n1c2ccccc2c2ccccc21. The maximum Gasteiger partial charge on any atom is 0.160 e. The molecule has 7 aromatic carbocycles. The Morgan fingerprint density at radius 1 is 0.462 bits per heavy atom. The third-order valence-corrected chi connectivity index (χ3v) is 9.86. The monoisotopic (exact) mass is 664 g/mol. The average Bonchev–Trinajstić information content (AvgIpc) is 3.76. The summed E-state index contributed by atoms with van der Waals surface area (Å²) in [6.45, 7) is 0. The Balaban J connectivity index is 1.17. The summed E-state index contributed by atoms with van der Waals surface area (Å²) >= 11 is 0. The van der Waals surface area contributed by atoms with Gasteiger partial charge in [-0.2, -0.15) is 5.26 Å². The first-order chi connectivity index (χ1) is 25.7. The van der Waals surface area contributed by atoms with Crippen LogP contribution in [-0.2, 0) is 0 Å². The molecule has 0 atom stereocenters. The molecule has 5 heteroatoms. The highest BCUT2D eigenvalue weighted by Crippen LogP contribution is 2.40. The van der Waals surface area contributed by atoms with Crippen molar-refractivity contribution in [2.45, 2.75) is 0 Å². The second-order valence-electron chi connectivity index (χ2n) is 12.9. The molecule has 0 aliphatic carbocycles. The van der Waals surface area contributed by atoms with Crippen molar-refractivity contribution < 1.29 is 4.42 Å². The summed E-state index contributed by atoms with van der Waals surface area (Å²) in [5, 5.41) is 14.7. The molecule has 0 unspecified atom stereocenters. The molecule has 0 aliphatic heterocycles. The molecule has 3 aromatic heterocycles. The molecule has 0 amide bonds. The summed E-state index contributed by atoms with van der Waals surface area (Å²) in [6, 6.07) is 60.1. The van der Waals surface area contributed by atoms with Crippen molar-refractivity contribution in [1.82, 2.24) is 14.5 Å². The smallest absolute Gasteiger partial charge is 0.160 e. The second-order valence-corrected chi connectivity index (χ2v) is 12.9. The Morgan fingerprint density at radius 2 is 1.00 bits per heavy atom. The molecule has 0 saturated heterocycles. The summed E-state index contributed by atoms with van der Waals surface area (Å²) in [7, 11) is 0. The lowest BCUT2D eigenvalue weighted by molar-refractivity contribution is 0.669. The van der Waals surface area contributed by atoms with Crippen LogP contribution >= 0.6 is 0 Å². The predicted molar refractivity (Wildman–Crippen MR) is 210 cm³/mol. The van der Waals surface area contributed by atoms with E-state index in [-0.39, 0.29) is 0 Å². The molecule has 0 spiro atoms. The fraction of sp³-hybridized carbons (Fsp3) is 0. The van der Waals surface area contributed by atoms with E-state index in [1.165, 1.54) is 0 Å². The lowest BCUT2D eigenvalue weighted by Crippen LogP contribution is -2.00. The van der Waals surface area contributed by atoms with E-state index in [1.807, 2.05) is 66.7 Å². The Hall–Kier alpha value is -7.29. The third kappa shape index (κ3) is 4.78. The van der Waals surface area contributed by atoms with Crippen LogP contribution in [0.15, 0.2) is 174 Å². The maximum atomic E-state index is 10.4. The fourth-order valence-corrected chi connectivity index (χ4v) is 7.44. The van der Waals surface area contributed by atoms with Gasteiger partial charge in [0, 0.05) is 43.8 Å². The van der Waals surface area contributed by atoms with Gasteiger partial charge in [-0.05, 0) is 60.2 Å². The number of fused-ring (bicyclic) bond motifs is 6. The Morgan fingerprint density at radius 3 is 1.60 bits per heavy atom. The van der Waals surface area contributed by atoms with Gasteiger partial charge in [-0.1, -0.05) is 115 Å². The van der Waals surface area contributed by atoms with Crippen LogP contribution in [-0.4, -0.2) is 14.5 Å². The van der Waals surface area contributed by atoms with Crippen molar-refractivity contribution in [2.24, 2.45) is 0 Å². The fourth-order valence-electron chi connectivity index (χ4n) is 7.44. The van der Waals surface area contributed by atoms with Gasteiger partial charge in [0.1, 0.15) is 17.2 Å². The molecule has 0 bridgehead atoms. The molecule has 0 N–H and O–H groups in total. The number of nitrogens with zero attached hydrogens (tertiary/aromatic N) is 4. The number of furan rings is 1. The maximum absolute atomic E-state index is 10.4. The highest BCUT2D eigenvalue weighted by molar-refractivity contribution is 6.11. The van der Waals surface area contributed by atoms with E-state index < -0.39 is 0 Å². The van der Waals surface area contributed by atoms with Gasteiger partial charge in [0.25, 0.3) is 0 Å². The predicted octanol–water partition coefficient (Wildman–Crippen LogP) is 12.0. The first kappa shape index (κ1) is 29.6. The van der Waals surface area contributed by atoms with E-state index >= 15 is 0 Å². The van der Waals surface area contributed by atoms with Crippen molar-refractivity contribution in [3.8, 4) is 56.8 Å². The quantitative estimate of drug-likeness (QED) is 0.184. The minimum absolute atomic E-state index is 0.605. The first-order valence-corrected chi connectivity index (χ1v) is 17.2. The highest BCUT2D eigenvalue weighted by atomic mass is 16.3. The van der Waals surface area contributed by atoms with Crippen LogP contribution in [0, 0.1) is 11.3 Å². The van der Waals surface area contributed by atoms with Crippen molar-refractivity contribution in [2.75, 3.05) is 0 Å². The van der Waals surface area contributed by atoms with E-state index in [4.69, 9.17) is 14.4 Å². The van der Waals surface area contributed by atoms with Gasteiger partial charge in [0.2, 0.25) is 0 Å². The summed E-state index contributed by atoms with van der Waals surface area (Å²) in [6.07, 6.45) is 0. The standard InChI is InChI=1S/C47H28N4O/c48-29-34-16-11-19-35(46(34)51-42-20-9-7-17-36(42)37-18-8-10-21-43(37)51)32-22-24-44-38(26-32)39-27-33(23-25-45(39)52-44)47-49-40(30-12-3-1-4-13-30)28-41(50-47)31-14-5-2-6-15-31/h1-28H. The average molecular weight is 665 g/mol. The lowest BCUT2D eigenvalue weighted by atomic mass is 9.98. The second kappa shape index (κ2) is 11.9. The first-order valence-electron chi connectivity index (χ1n) is 17.2. The molecule has 10 aromatic rings.